The molecule has 0 radical (unpaired) electrons. The summed E-state index contributed by atoms with van der Waals surface area (Å²) in [6.45, 7) is 4.16. The van der Waals surface area contributed by atoms with Gasteiger partial charge < -0.3 is 15.6 Å². The minimum atomic E-state index is 0.494. The fourth-order valence-electron chi connectivity index (χ4n) is 2.08. The van der Waals surface area contributed by atoms with Gasteiger partial charge in [0.25, 0.3) is 0 Å². The van der Waals surface area contributed by atoms with Crippen molar-refractivity contribution in [1.82, 2.24) is 19.8 Å². The molecule has 0 aliphatic carbocycles. The lowest BCUT2D eigenvalue weighted by Crippen LogP contribution is -2.52. The standard InChI is InChI=1S/C11H21N7/c1-17-3-4-18(2)9(7-17)6-13-10-5-11(16-12)15-8-14-10/h5,8-9H,3-4,6-7,12H2,1-2H3,(H2,13,14,15,16). The lowest BCUT2D eigenvalue weighted by molar-refractivity contribution is 0.122. The number of rotatable bonds is 4. The Morgan fingerprint density at radius 3 is 2.89 bits per heavy atom. The predicted octanol–water partition coefficient (Wildman–Crippen LogP) is -0.580. The molecule has 0 saturated carbocycles. The minimum absolute atomic E-state index is 0.494. The van der Waals surface area contributed by atoms with E-state index in [0.29, 0.717) is 11.9 Å². The molecule has 0 bridgehead atoms. The van der Waals surface area contributed by atoms with E-state index in [0.717, 1.165) is 32.0 Å². The lowest BCUT2D eigenvalue weighted by atomic mass is 10.2. The summed E-state index contributed by atoms with van der Waals surface area (Å²) in [5.74, 6) is 6.72. The smallest absolute Gasteiger partial charge is 0.145 e. The summed E-state index contributed by atoms with van der Waals surface area (Å²) in [5, 5.41) is 3.33. The molecule has 1 atom stereocenters. The van der Waals surface area contributed by atoms with Crippen LogP contribution in [0.3, 0.4) is 0 Å². The van der Waals surface area contributed by atoms with Crippen molar-refractivity contribution in [3.63, 3.8) is 0 Å². The van der Waals surface area contributed by atoms with Crippen LogP contribution in [0.1, 0.15) is 0 Å². The number of nitrogen functional groups attached to an aromatic ring is 1. The molecule has 18 heavy (non-hydrogen) atoms. The molecular weight excluding hydrogens is 230 g/mol. The zero-order valence-corrected chi connectivity index (χ0v) is 10.9. The molecule has 1 aromatic rings. The molecule has 2 heterocycles. The van der Waals surface area contributed by atoms with Gasteiger partial charge in [0.15, 0.2) is 0 Å². The van der Waals surface area contributed by atoms with E-state index in [4.69, 9.17) is 5.84 Å². The van der Waals surface area contributed by atoms with Crippen LogP contribution in [-0.4, -0.2) is 66.1 Å². The van der Waals surface area contributed by atoms with Gasteiger partial charge in [-0.15, -0.1) is 0 Å². The van der Waals surface area contributed by atoms with E-state index in [1.807, 2.05) is 0 Å². The highest BCUT2D eigenvalue weighted by Crippen LogP contribution is 2.10. The highest BCUT2D eigenvalue weighted by molar-refractivity contribution is 5.45. The van der Waals surface area contributed by atoms with Crippen molar-refractivity contribution in [2.45, 2.75) is 6.04 Å². The quantitative estimate of drug-likeness (QED) is 0.488. The second kappa shape index (κ2) is 5.94. The van der Waals surface area contributed by atoms with Crippen LogP contribution in [0.5, 0.6) is 0 Å². The third-order valence-corrected chi connectivity index (χ3v) is 3.31. The van der Waals surface area contributed by atoms with Crippen LogP contribution in [0.15, 0.2) is 12.4 Å². The minimum Gasteiger partial charge on any atom is -0.368 e. The molecule has 0 aromatic carbocycles. The number of likely N-dealkylation sites (N-methyl/N-ethyl adjacent to an activating group) is 2. The maximum Gasteiger partial charge on any atom is 0.145 e. The average molecular weight is 251 g/mol. The van der Waals surface area contributed by atoms with Crippen LogP contribution >= 0.6 is 0 Å². The van der Waals surface area contributed by atoms with E-state index in [9.17, 15) is 0 Å². The number of hydrogen-bond donors (Lipinski definition) is 3. The first-order valence-electron chi connectivity index (χ1n) is 6.10. The number of hydrazine groups is 1. The largest absolute Gasteiger partial charge is 0.368 e. The normalized spacial score (nSPS) is 21.8. The van der Waals surface area contributed by atoms with Crippen LogP contribution in [-0.2, 0) is 0 Å². The van der Waals surface area contributed by atoms with Crippen molar-refractivity contribution in [3.8, 4) is 0 Å². The van der Waals surface area contributed by atoms with Crippen molar-refractivity contribution >= 4 is 11.6 Å². The Labute approximate surface area is 107 Å². The SMILES string of the molecule is CN1CCN(C)C(CNc2cc(NN)ncn2)C1. The monoisotopic (exact) mass is 251 g/mol. The number of anilines is 2. The first-order valence-corrected chi connectivity index (χ1v) is 6.10. The lowest BCUT2D eigenvalue weighted by Gasteiger charge is -2.37. The van der Waals surface area contributed by atoms with E-state index < -0.39 is 0 Å². The fraction of sp³-hybridized carbons (Fsp3) is 0.636. The second-order valence-corrected chi connectivity index (χ2v) is 4.71. The summed E-state index contributed by atoms with van der Waals surface area (Å²) in [5.41, 5.74) is 2.51. The molecule has 7 nitrogen and oxygen atoms in total. The fourth-order valence-corrected chi connectivity index (χ4v) is 2.08. The van der Waals surface area contributed by atoms with Gasteiger partial charge in [-0.25, -0.2) is 15.8 Å². The Kier molecular flexibility index (Phi) is 4.29. The molecule has 1 saturated heterocycles. The Hall–Kier alpha value is -1.44. The van der Waals surface area contributed by atoms with E-state index in [-0.39, 0.29) is 0 Å². The van der Waals surface area contributed by atoms with Gasteiger partial charge in [-0.05, 0) is 14.1 Å². The van der Waals surface area contributed by atoms with Crippen molar-refractivity contribution in [2.24, 2.45) is 5.84 Å². The number of piperazine rings is 1. The molecule has 1 aromatic heterocycles. The van der Waals surface area contributed by atoms with Crippen molar-refractivity contribution < 1.29 is 0 Å². The van der Waals surface area contributed by atoms with E-state index in [1.54, 1.807) is 6.07 Å². The predicted molar refractivity (Wildman–Crippen MR) is 72.2 cm³/mol. The molecular formula is C11H21N7. The van der Waals surface area contributed by atoms with Gasteiger partial charge in [0.1, 0.15) is 18.0 Å². The highest BCUT2D eigenvalue weighted by Gasteiger charge is 2.21. The first-order chi connectivity index (χ1) is 8.69. The Morgan fingerprint density at radius 1 is 1.33 bits per heavy atom. The number of nitrogens with one attached hydrogen (secondary N) is 2. The van der Waals surface area contributed by atoms with Crippen LogP contribution in [0, 0.1) is 0 Å². The third-order valence-electron chi connectivity index (χ3n) is 3.31. The van der Waals surface area contributed by atoms with Gasteiger partial charge in [0.2, 0.25) is 0 Å². The molecule has 4 N–H and O–H groups in total. The van der Waals surface area contributed by atoms with Gasteiger partial charge in [-0.2, -0.15) is 0 Å². The summed E-state index contributed by atoms with van der Waals surface area (Å²) in [6, 6.07) is 2.29. The van der Waals surface area contributed by atoms with Crippen molar-refractivity contribution in [3.05, 3.63) is 12.4 Å². The van der Waals surface area contributed by atoms with E-state index in [1.165, 1.54) is 6.33 Å². The summed E-state index contributed by atoms with van der Waals surface area (Å²) < 4.78 is 0. The third kappa shape index (κ3) is 3.28. The molecule has 7 heteroatoms. The van der Waals surface area contributed by atoms with Gasteiger partial charge in [0, 0.05) is 38.3 Å². The number of hydrogen-bond acceptors (Lipinski definition) is 7. The number of nitrogens with zero attached hydrogens (tertiary/aromatic N) is 4. The zero-order chi connectivity index (χ0) is 13.0. The highest BCUT2D eigenvalue weighted by atomic mass is 15.3. The van der Waals surface area contributed by atoms with Crippen LogP contribution in [0.25, 0.3) is 0 Å². The topological polar surface area (TPSA) is 82.3 Å². The molecule has 2 rings (SSSR count). The Balaban J connectivity index is 1.89. The summed E-state index contributed by atoms with van der Waals surface area (Å²) >= 11 is 0. The maximum absolute atomic E-state index is 5.31. The van der Waals surface area contributed by atoms with Gasteiger partial charge in [-0.3, -0.25) is 4.90 Å². The number of aromatic nitrogens is 2. The average Bonchev–Trinajstić information content (AvgIpc) is 2.40. The molecule has 1 aliphatic heterocycles. The van der Waals surface area contributed by atoms with Crippen molar-refractivity contribution in [2.75, 3.05) is 51.0 Å². The van der Waals surface area contributed by atoms with E-state index in [2.05, 4.69) is 44.6 Å². The summed E-state index contributed by atoms with van der Waals surface area (Å²) in [4.78, 5) is 12.9. The molecule has 0 amide bonds. The Bertz CT molecular complexity index is 383. The second-order valence-electron chi connectivity index (χ2n) is 4.71. The zero-order valence-electron chi connectivity index (χ0n) is 10.9. The van der Waals surface area contributed by atoms with Crippen LogP contribution in [0.2, 0.25) is 0 Å². The van der Waals surface area contributed by atoms with Gasteiger partial charge >= 0.3 is 0 Å². The number of nitrogens with two attached hydrogens (primary N) is 1. The summed E-state index contributed by atoms with van der Waals surface area (Å²) in [6.07, 6.45) is 1.49. The molecule has 1 aliphatic rings. The molecule has 1 fully saturated rings. The van der Waals surface area contributed by atoms with Crippen molar-refractivity contribution in [1.29, 1.82) is 0 Å². The molecule has 100 valence electrons. The van der Waals surface area contributed by atoms with Gasteiger partial charge in [-0.1, -0.05) is 0 Å². The molecule has 1 unspecified atom stereocenters. The van der Waals surface area contributed by atoms with Crippen LogP contribution < -0.4 is 16.6 Å². The van der Waals surface area contributed by atoms with Gasteiger partial charge in [0.05, 0.1) is 0 Å². The maximum atomic E-state index is 5.31. The van der Waals surface area contributed by atoms with Crippen LogP contribution in [0.4, 0.5) is 11.6 Å². The summed E-state index contributed by atoms with van der Waals surface area (Å²) in [7, 11) is 4.31. The first kappa shape index (κ1) is 13.0. The Morgan fingerprint density at radius 2 is 2.11 bits per heavy atom. The van der Waals surface area contributed by atoms with E-state index >= 15 is 0 Å². The molecule has 0 spiro atoms.